The maximum absolute atomic E-state index is 10.6. The van der Waals surface area contributed by atoms with Crippen LogP contribution in [-0.2, 0) is 16.0 Å². The highest BCUT2D eigenvalue weighted by atomic mass is 32.1. The van der Waals surface area contributed by atoms with Crippen molar-refractivity contribution in [2.75, 3.05) is 7.11 Å². The summed E-state index contributed by atoms with van der Waals surface area (Å²) in [5.41, 5.74) is 0. The second-order valence-electron chi connectivity index (χ2n) is 1.62. The van der Waals surface area contributed by atoms with Crippen LogP contribution in [0.15, 0.2) is 5.38 Å². The molecular weight excluding hydrogens is 150 g/mol. The van der Waals surface area contributed by atoms with Gasteiger partial charge >= 0.3 is 5.97 Å². The number of ether oxygens (including phenoxy) is 1. The molecule has 1 aromatic rings. The number of hydrogen-bond donors (Lipinski definition) is 0. The van der Waals surface area contributed by atoms with Crippen LogP contribution in [0.3, 0.4) is 0 Å². The van der Waals surface area contributed by atoms with E-state index in [9.17, 15) is 4.79 Å². The predicted molar refractivity (Wildman–Crippen MR) is 36.7 cm³/mol. The van der Waals surface area contributed by atoms with E-state index in [0.717, 1.165) is 5.01 Å². The number of carbonyl (C=O) groups is 1. The molecule has 0 N–H and O–H groups in total. The maximum Gasteiger partial charge on any atom is 0.312 e. The molecule has 4 heteroatoms. The number of esters is 1. The second-order valence-corrected chi connectivity index (χ2v) is 2.57. The Kier molecular flexibility index (Phi) is 2.39. The van der Waals surface area contributed by atoms with E-state index in [1.807, 2.05) is 0 Å². The molecule has 1 aromatic heterocycles. The third-order valence-corrected chi connectivity index (χ3v) is 1.69. The lowest BCUT2D eigenvalue weighted by molar-refractivity contribution is -0.139. The molecule has 0 spiro atoms. The molecule has 53 valence electrons. The summed E-state index contributed by atoms with van der Waals surface area (Å²) in [4.78, 5) is 14.4. The highest BCUT2D eigenvalue weighted by molar-refractivity contribution is 7.09. The summed E-state index contributed by atoms with van der Waals surface area (Å²) >= 11 is 1.40. The molecule has 0 fully saturated rings. The van der Waals surface area contributed by atoms with E-state index in [1.165, 1.54) is 18.4 Å². The zero-order valence-corrected chi connectivity index (χ0v) is 6.27. The Morgan fingerprint density at radius 2 is 2.80 bits per heavy atom. The molecule has 0 saturated heterocycles. The minimum atomic E-state index is -0.261. The molecule has 0 aliphatic heterocycles. The first-order chi connectivity index (χ1) is 4.83. The number of methoxy groups -OCH3 is 1. The van der Waals surface area contributed by atoms with Crippen LogP contribution in [0.25, 0.3) is 0 Å². The van der Waals surface area contributed by atoms with E-state index >= 15 is 0 Å². The van der Waals surface area contributed by atoms with Gasteiger partial charge in [-0.15, -0.1) is 11.3 Å². The first kappa shape index (κ1) is 7.21. The molecule has 10 heavy (non-hydrogen) atoms. The zero-order chi connectivity index (χ0) is 7.40. The van der Waals surface area contributed by atoms with Crippen LogP contribution in [0.4, 0.5) is 0 Å². The number of aromatic nitrogens is 1. The highest BCUT2D eigenvalue weighted by Crippen LogP contribution is 2.03. The monoisotopic (exact) mass is 156 g/mol. The van der Waals surface area contributed by atoms with Crippen molar-refractivity contribution < 1.29 is 9.53 Å². The van der Waals surface area contributed by atoms with Crippen molar-refractivity contribution in [3.63, 3.8) is 0 Å². The standard InChI is InChI=1S/C6H6NO2S/c1-9-6(8)4-5-7-2-3-10-5/h3H,4H2,1H3. The molecular formula is C6H6NO2S. The van der Waals surface area contributed by atoms with Crippen LogP contribution in [0.1, 0.15) is 5.01 Å². The first-order valence-electron chi connectivity index (χ1n) is 2.70. The SMILES string of the molecule is COC(=O)Cc1n[c]cs1. The normalized spacial score (nSPS) is 9.30. The molecule has 0 aliphatic carbocycles. The third kappa shape index (κ3) is 1.80. The first-order valence-corrected chi connectivity index (χ1v) is 3.58. The quantitative estimate of drug-likeness (QED) is 0.590. The summed E-state index contributed by atoms with van der Waals surface area (Å²) < 4.78 is 4.44. The second kappa shape index (κ2) is 3.31. The van der Waals surface area contributed by atoms with Crippen LogP contribution in [0.5, 0.6) is 0 Å². The van der Waals surface area contributed by atoms with Crippen LogP contribution in [0, 0.1) is 6.20 Å². The molecule has 1 rings (SSSR count). The lowest BCUT2D eigenvalue weighted by Gasteiger charge is -1.92. The van der Waals surface area contributed by atoms with E-state index < -0.39 is 0 Å². The van der Waals surface area contributed by atoms with Gasteiger partial charge in [-0.05, 0) is 0 Å². The number of carbonyl (C=O) groups excluding carboxylic acids is 1. The van der Waals surface area contributed by atoms with Crippen molar-refractivity contribution in [2.24, 2.45) is 0 Å². The van der Waals surface area contributed by atoms with Crippen LogP contribution in [-0.4, -0.2) is 18.1 Å². The average Bonchev–Trinajstić information content (AvgIpc) is 2.40. The van der Waals surface area contributed by atoms with Gasteiger partial charge in [-0.25, -0.2) is 4.98 Å². The van der Waals surface area contributed by atoms with Crippen LogP contribution < -0.4 is 0 Å². The minimum Gasteiger partial charge on any atom is -0.469 e. The Balaban J connectivity index is 2.48. The van der Waals surface area contributed by atoms with Gasteiger partial charge in [-0.1, -0.05) is 0 Å². The molecule has 0 atom stereocenters. The topological polar surface area (TPSA) is 39.2 Å². The molecule has 1 radical (unpaired) electrons. The number of rotatable bonds is 2. The Bertz CT molecular complexity index is 208. The van der Waals surface area contributed by atoms with Crippen molar-refractivity contribution in [1.82, 2.24) is 4.98 Å². The van der Waals surface area contributed by atoms with E-state index in [0.29, 0.717) is 0 Å². The summed E-state index contributed by atoms with van der Waals surface area (Å²) in [6.07, 6.45) is 2.87. The van der Waals surface area contributed by atoms with Crippen molar-refractivity contribution in [3.05, 3.63) is 16.6 Å². The van der Waals surface area contributed by atoms with Gasteiger partial charge in [0.05, 0.1) is 13.5 Å². The van der Waals surface area contributed by atoms with E-state index in [2.05, 4.69) is 15.9 Å². The fraction of sp³-hybridized carbons (Fsp3) is 0.333. The summed E-state index contributed by atoms with van der Waals surface area (Å²) in [7, 11) is 1.36. The van der Waals surface area contributed by atoms with Gasteiger partial charge in [0.1, 0.15) is 11.2 Å². The predicted octanol–water partition coefficient (Wildman–Crippen LogP) is 0.659. The molecule has 0 bridgehead atoms. The Morgan fingerprint density at radius 1 is 2.00 bits per heavy atom. The largest absolute Gasteiger partial charge is 0.469 e. The van der Waals surface area contributed by atoms with Gasteiger partial charge in [-0.2, -0.15) is 0 Å². The van der Waals surface area contributed by atoms with Gasteiger partial charge in [0.25, 0.3) is 0 Å². The number of thiazole rings is 1. The molecule has 0 amide bonds. The maximum atomic E-state index is 10.6. The van der Waals surface area contributed by atoms with E-state index in [1.54, 1.807) is 5.38 Å². The summed E-state index contributed by atoms with van der Waals surface area (Å²) in [6.45, 7) is 0. The van der Waals surface area contributed by atoms with Crippen molar-refractivity contribution in [3.8, 4) is 0 Å². The minimum absolute atomic E-state index is 0.255. The Labute approximate surface area is 62.7 Å². The van der Waals surface area contributed by atoms with Crippen molar-refractivity contribution in [2.45, 2.75) is 6.42 Å². The zero-order valence-electron chi connectivity index (χ0n) is 5.46. The molecule has 0 aliphatic rings. The van der Waals surface area contributed by atoms with Gasteiger partial charge in [-0.3, -0.25) is 4.79 Å². The fourth-order valence-electron chi connectivity index (χ4n) is 0.496. The Morgan fingerprint density at radius 3 is 3.30 bits per heavy atom. The van der Waals surface area contributed by atoms with Gasteiger partial charge < -0.3 is 4.74 Å². The van der Waals surface area contributed by atoms with Crippen LogP contribution >= 0.6 is 11.3 Å². The molecule has 1 heterocycles. The number of hydrogen-bond acceptors (Lipinski definition) is 4. The summed E-state index contributed by atoms with van der Waals surface area (Å²) in [6, 6.07) is 0. The van der Waals surface area contributed by atoms with Gasteiger partial charge in [0.15, 0.2) is 0 Å². The van der Waals surface area contributed by atoms with E-state index in [-0.39, 0.29) is 12.4 Å². The van der Waals surface area contributed by atoms with E-state index in [4.69, 9.17) is 0 Å². The summed E-state index contributed by atoms with van der Waals surface area (Å²) in [5, 5.41) is 2.45. The molecule has 0 saturated carbocycles. The fourth-order valence-corrected chi connectivity index (χ4v) is 1.04. The number of nitrogens with zero attached hydrogens (tertiary/aromatic N) is 1. The molecule has 0 aromatic carbocycles. The smallest absolute Gasteiger partial charge is 0.312 e. The lowest BCUT2D eigenvalue weighted by atomic mass is 10.5. The van der Waals surface area contributed by atoms with Crippen molar-refractivity contribution >= 4 is 17.3 Å². The third-order valence-electron chi connectivity index (χ3n) is 0.960. The van der Waals surface area contributed by atoms with Crippen molar-refractivity contribution in [1.29, 1.82) is 0 Å². The van der Waals surface area contributed by atoms with Crippen LogP contribution in [0.2, 0.25) is 0 Å². The highest BCUT2D eigenvalue weighted by Gasteiger charge is 2.03. The molecule has 0 unspecified atom stereocenters. The Hall–Kier alpha value is -0.900. The molecule has 3 nitrogen and oxygen atoms in total. The lowest BCUT2D eigenvalue weighted by Crippen LogP contribution is -2.03. The van der Waals surface area contributed by atoms with Gasteiger partial charge in [0.2, 0.25) is 0 Å². The summed E-state index contributed by atoms with van der Waals surface area (Å²) in [5.74, 6) is -0.261. The van der Waals surface area contributed by atoms with Gasteiger partial charge in [0, 0.05) is 5.38 Å². The average molecular weight is 156 g/mol.